The molecule has 1 amide bonds. The smallest absolute Gasteiger partial charge is 0.349 e. The molecule has 4 nitrogen and oxygen atoms in total. The van der Waals surface area contributed by atoms with Crippen LogP contribution in [0, 0.1) is 5.92 Å². The van der Waals surface area contributed by atoms with E-state index in [2.05, 4.69) is 10.6 Å². The Balaban J connectivity index is 0.00000200. The summed E-state index contributed by atoms with van der Waals surface area (Å²) >= 11 is 0. The van der Waals surface area contributed by atoms with Crippen molar-refractivity contribution < 1.29 is 18.7 Å². The molecule has 0 bridgehead atoms. The lowest BCUT2D eigenvalue weighted by Crippen LogP contribution is -2.42. The van der Waals surface area contributed by atoms with Gasteiger partial charge >= 0.3 is 5.92 Å². The van der Waals surface area contributed by atoms with Crippen molar-refractivity contribution >= 4 is 18.3 Å². The van der Waals surface area contributed by atoms with Crippen molar-refractivity contribution in [1.29, 1.82) is 0 Å². The Morgan fingerprint density at radius 1 is 1.35 bits per heavy atom. The molecule has 0 radical (unpaired) electrons. The summed E-state index contributed by atoms with van der Waals surface area (Å²) in [4.78, 5) is 11.6. The van der Waals surface area contributed by atoms with Gasteiger partial charge in [0.1, 0.15) is 0 Å². The first-order chi connectivity index (χ1) is 9.01. The third-order valence-corrected chi connectivity index (χ3v) is 3.25. The van der Waals surface area contributed by atoms with E-state index in [9.17, 15) is 18.7 Å². The van der Waals surface area contributed by atoms with Gasteiger partial charge in [0.05, 0.1) is 6.10 Å². The quantitative estimate of drug-likeness (QED) is 0.774. The van der Waals surface area contributed by atoms with Crippen LogP contribution in [-0.2, 0) is 10.7 Å². The lowest BCUT2D eigenvalue weighted by atomic mass is 10.1. The van der Waals surface area contributed by atoms with Crippen LogP contribution in [0.2, 0.25) is 0 Å². The molecule has 2 rings (SSSR count). The number of hydrogen-bond donors (Lipinski definition) is 3. The first-order valence-corrected chi connectivity index (χ1v) is 6.12. The Kier molecular flexibility index (Phi) is 5.86. The highest BCUT2D eigenvalue weighted by atomic mass is 35.5. The fourth-order valence-corrected chi connectivity index (χ4v) is 2.04. The Morgan fingerprint density at radius 2 is 2.00 bits per heavy atom. The molecule has 3 N–H and O–H groups in total. The van der Waals surface area contributed by atoms with Gasteiger partial charge in [0, 0.05) is 31.1 Å². The maximum atomic E-state index is 13.8. The van der Waals surface area contributed by atoms with Crippen molar-refractivity contribution in [2.45, 2.75) is 12.0 Å². The topological polar surface area (TPSA) is 61.4 Å². The van der Waals surface area contributed by atoms with Crippen LogP contribution in [0.4, 0.5) is 8.78 Å². The van der Waals surface area contributed by atoms with Crippen LogP contribution in [0.1, 0.15) is 5.56 Å². The van der Waals surface area contributed by atoms with E-state index >= 15 is 0 Å². The average Bonchev–Trinajstić information content (AvgIpc) is 2.82. The highest BCUT2D eigenvalue weighted by Crippen LogP contribution is 2.27. The number of rotatable bonds is 4. The van der Waals surface area contributed by atoms with Crippen LogP contribution in [-0.4, -0.2) is 36.8 Å². The third-order valence-electron chi connectivity index (χ3n) is 3.25. The van der Waals surface area contributed by atoms with E-state index in [1.807, 2.05) is 0 Å². The molecule has 0 aliphatic carbocycles. The first-order valence-electron chi connectivity index (χ1n) is 6.12. The molecule has 0 spiro atoms. The fraction of sp³-hybridized carbons (Fsp3) is 0.462. The van der Waals surface area contributed by atoms with E-state index < -0.39 is 17.9 Å². The molecule has 1 aliphatic rings. The van der Waals surface area contributed by atoms with Crippen molar-refractivity contribution in [3.05, 3.63) is 35.9 Å². The van der Waals surface area contributed by atoms with Crippen molar-refractivity contribution in [3.63, 3.8) is 0 Å². The molecule has 20 heavy (non-hydrogen) atoms. The molecule has 2 atom stereocenters. The molecular weight excluding hydrogens is 290 g/mol. The number of amides is 1. The molecule has 112 valence electrons. The van der Waals surface area contributed by atoms with Crippen molar-refractivity contribution in [1.82, 2.24) is 10.6 Å². The molecule has 7 heteroatoms. The van der Waals surface area contributed by atoms with E-state index in [1.54, 1.807) is 6.07 Å². The third kappa shape index (κ3) is 3.65. The summed E-state index contributed by atoms with van der Waals surface area (Å²) in [6.45, 7) is 0.976. The van der Waals surface area contributed by atoms with E-state index in [0.29, 0.717) is 13.1 Å². The summed E-state index contributed by atoms with van der Waals surface area (Å²) in [5, 5.41) is 14.7. The monoisotopic (exact) mass is 306 g/mol. The second kappa shape index (κ2) is 6.97. The van der Waals surface area contributed by atoms with Gasteiger partial charge in [0.25, 0.3) is 5.91 Å². The fourth-order valence-electron chi connectivity index (χ4n) is 2.04. The molecular formula is C13H17ClF2N2O2. The Labute approximate surface area is 122 Å². The molecule has 1 aromatic carbocycles. The normalized spacial score (nSPS) is 22.1. The van der Waals surface area contributed by atoms with Crippen LogP contribution in [0.15, 0.2) is 30.3 Å². The second-order valence-electron chi connectivity index (χ2n) is 4.64. The second-order valence-corrected chi connectivity index (χ2v) is 4.64. The molecule has 0 saturated carbocycles. The van der Waals surface area contributed by atoms with Gasteiger partial charge < -0.3 is 15.7 Å². The van der Waals surface area contributed by atoms with Crippen LogP contribution in [0.3, 0.4) is 0 Å². The van der Waals surface area contributed by atoms with Gasteiger partial charge in [0.15, 0.2) is 0 Å². The maximum absolute atomic E-state index is 13.8. The number of nitrogens with one attached hydrogen (secondary N) is 2. The molecule has 2 unspecified atom stereocenters. The number of carbonyl (C=O) groups is 1. The van der Waals surface area contributed by atoms with E-state index in [0.717, 1.165) is 0 Å². The lowest BCUT2D eigenvalue weighted by Gasteiger charge is -2.19. The minimum absolute atomic E-state index is 0. The number of aliphatic hydroxyl groups is 1. The molecule has 1 heterocycles. The molecule has 1 aliphatic heterocycles. The predicted octanol–water partition coefficient (Wildman–Crippen LogP) is 0.897. The van der Waals surface area contributed by atoms with Crippen molar-refractivity contribution in [3.8, 4) is 0 Å². The highest BCUT2D eigenvalue weighted by Gasteiger charge is 2.41. The van der Waals surface area contributed by atoms with Crippen molar-refractivity contribution in [2.75, 3.05) is 19.6 Å². The van der Waals surface area contributed by atoms with Crippen LogP contribution in [0.5, 0.6) is 0 Å². The number of benzene rings is 1. The average molecular weight is 307 g/mol. The summed E-state index contributed by atoms with van der Waals surface area (Å²) in [5.41, 5.74) is -0.336. The zero-order chi connectivity index (χ0) is 13.9. The van der Waals surface area contributed by atoms with Crippen LogP contribution in [0.25, 0.3) is 0 Å². The molecule has 1 aromatic rings. The minimum atomic E-state index is -3.56. The zero-order valence-electron chi connectivity index (χ0n) is 10.7. The van der Waals surface area contributed by atoms with Gasteiger partial charge in [-0.05, 0) is 0 Å². The molecule has 0 aromatic heterocycles. The highest BCUT2D eigenvalue weighted by molar-refractivity contribution is 5.85. The van der Waals surface area contributed by atoms with E-state index in [1.165, 1.54) is 24.3 Å². The predicted molar refractivity (Wildman–Crippen MR) is 73.0 cm³/mol. The minimum Gasteiger partial charge on any atom is -0.391 e. The summed E-state index contributed by atoms with van der Waals surface area (Å²) in [6.07, 6.45) is -0.606. The maximum Gasteiger partial charge on any atom is 0.349 e. The SMILES string of the molecule is Cl.O=C(NCC1CNCC1O)C(F)(F)c1ccccc1. The number of carbonyl (C=O) groups excluding carboxylic acids is 1. The van der Waals surface area contributed by atoms with E-state index in [4.69, 9.17) is 0 Å². The molecule has 1 fully saturated rings. The number of alkyl halides is 2. The van der Waals surface area contributed by atoms with Gasteiger partial charge in [-0.1, -0.05) is 30.3 Å². The lowest BCUT2D eigenvalue weighted by molar-refractivity contribution is -0.147. The Morgan fingerprint density at radius 3 is 2.55 bits per heavy atom. The van der Waals surface area contributed by atoms with Gasteiger partial charge in [-0.15, -0.1) is 12.4 Å². The Bertz CT molecular complexity index is 445. The van der Waals surface area contributed by atoms with Crippen LogP contribution < -0.4 is 10.6 Å². The first kappa shape index (κ1) is 16.8. The summed E-state index contributed by atoms with van der Waals surface area (Å²) in [7, 11) is 0. The van der Waals surface area contributed by atoms with E-state index in [-0.39, 0.29) is 30.4 Å². The Hall–Kier alpha value is -1.24. The van der Waals surface area contributed by atoms with Gasteiger partial charge in [-0.25, -0.2) is 0 Å². The number of halogens is 3. The summed E-state index contributed by atoms with van der Waals surface area (Å²) < 4.78 is 27.7. The standard InChI is InChI=1S/C13H16F2N2O2.ClH/c14-13(15,10-4-2-1-3-5-10)12(19)17-7-9-6-16-8-11(9)18;/h1-5,9,11,16,18H,6-8H2,(H,17,19);1H. The van der Waals surface area contributed by atoms with Crippen LogP contribution >= 0.6 is 12.4 Å². The number of aliphatic hydroxyl groups excluding tert-OH is 1. The van der Waals surface area contributed by atoms with Gasteiger partial charge in [-0.3, -0.25) is 4.79 Å². The van der Waals surface area contributed by atoms with Crippen molar-refractivity contribution in [2.24, 2.45) is 5.92 Å². The zero-order valence-corrected chi connectivity index (χ0v) is 11.5. The van der Waals surface area contributed by atoms with Gasteiger partial charge in [-0.2, -0.15) is 8.78 Å². The molecule has 1 saturated heterocycles. The van der Waals surface area contributed by atoms with Gasteiger partial charge in [0.2, 0.25) is 0 Å². The summed E-state index contributed by atoms with van der Waals surface area (Å²) in [6, 6.07) is 6.96. The number of β-amino-alcohol motifs (C(OH)–C–C–N with tert-alkyl or cyclic N) is 1. The number of hydrogen-bond acceptors (Lipinski definition) is 3. The summed E-state index contributed by atoms with van der Waals surface area (Å²) in [5.74, 6) is -5.12. The largest absolute Gasteiger partial charge is 0.391 e.